The SMILES string of the molecule is O=C(O[C@H]1CCCCCc2ccc(cc2)CCC1)c1ccc([N+](=O)[O-])cc1. The van der Waals surface area contributed by atoms with Crippen molar-refractivity contribution in [3.63, 3.8) is 0 Å². The summed E-state index contributed by atoms with van der Waals surface area (Å²) in [5, 5.41) is 10.7. The van der Waals surface area contributed by atoms with E-state index < -0.39 is 10.9 Å². The molecule has 0 spiro atoms. The van der Waals surface area contributed by atoms with E-state index in [-0.39, 0.29) is 11.8 Å². The van der Waals surface area contributed by atoms with Gasteiger partial charge in [-0.2, -0.15) is 0 Å². The standard InChI is InChI=1S/C22H25NO4/c24-22(19-13-15-20(16-14-19)23(25)26)27-21-7-3-1-2-5-17-9-11-18(12-10-17)6-4-8-21/h9-16,21H,1-8H2/t21-/m0/s1. The highest BCUT2D eigenvalue weighted by Gasteiger charge is 2.17. The third kappa shape index (κ3) is 5.64. The summed E-state index contributed by atoms with van der Waals surface area (Å²) in [4.78, 5) is 22.7. The van der Waals surface area contributed by atoms with Gasteiger partial charge in [0.1, 0.15) is 6.10 Å². The van der Waals surface area contributed by atoms with Gasteiger partial charge in [0.25, 0.3) is 5.69 Å². The number of fused-ring (bicyclic) bond motifs is 10. The van der Waals surface area contributed by atoms with Gasteiger partial charge >= 0.3 is 5.97 Å². The Kier molecular flexibility index (Phi) is 6.58. The molecule has 0 aliphatic heterocycles. The van der Waals surface area contributed by atoms with E-state index in [1.165, 1.54) is 35.4 Å². The Morgan fingerprint density at radius 2 is 1.44 bits per heavy atom. The van der Waals surface area contributed by atoms with E-state index in [2.05, 4.69) is 24.3 Å². The van der Waals surface area contributed by atoms with Crippen molar-refractivity contribution in [2.45, 2.75) is 57.5 Å². The number of carbonyl (C=O) groups is 1. The highest BCUT2D eigenvalue weighted by atomic mass is 16.6. The second kappa shape index (κ2) is 9.31. The van der Waals surface area contributed by atoms with Crippen LogP contribution in [0.25, 0.3) is 0 Å². The Morgan fingerprint density at radius 3 is 2.07 bits per heavy atom. The first-order valence-electron chi connectivity index (χ1n) is 9.65. The van der Waals surface area contributed by atoms with Crippen molar-refractivity contribution in [1.82, 2.24) is 0 Å². The van der Waals surface area contributed by atoms with Gasteiger partial charge in [0, 0.05) is 12.1 Å². The zero-order valence-corrected chi connectivity index (χ0v) is 15.4. The highest BCUT2D eigenvalue weighted by molar-refractivity contribution is 5.89. The van der Waals surface area contributed by atoms with Gasteiger partial charge in [-0.3, -0.25) is 10.1 Å². The van der Waals surface area contributed by atoms with Gasteiger partial charge in [0.05, 0.1) is 10.5 Å². The third-order valence-corrected chi connectivity index (χ3v) is 5.09. The van der Waals surface area contributed by atoms with Crippen molar-refractivity contribution in [2.75, 3.05) is 0 Å². The molecule has 2 aliphatic carbocycles. The van der Waals surface area contributed by atoms with Crippen molar-refractivity contribution in [3.8, 4) is 0 Å². The summed E-state index contributed by atoms with van der Waals surface area (Å²) >= 11 is 0. The fraction of sp³-hybridized carbons (Fsp3) is 0.409. The molecule has 4 rings (SSSR count). The van der Waals surface area contributed by atoms with Gasteiger partial charge < -0.3 is 4.74 Å². The minimum absolute atomic E-state index is 0.0282. The summed E-state index contributed by atoms with van der Waals surface area (Å²) < 4.78 is 5.73. The van der Waals surface area contributed by atoms with Gasteiger partial charge in [-0.15, -0.1) is 0 Å². The molecular formula is C22H25NO4. The molecule has 5 nitrogen and oxygen atoms in total. The number of aryl methyl sites for hydroxylation is 2. The first-order chi connectivity index (χ1) is 13.1. The molecule has 2 aliphatic rings. The number of benzene rings is 2. The number of carbonyl (C=O) groups excluding carboxylic acids is 1. The van der Waals surface area contributed by atoms with E-state index in [4.69, 9.17) is 4.74 Å². The van der Waals surface area contributed by atoms with Crippen LogP contribution < -0.4 is 0 Å². The van der Waals surface area contributed by atoms with E-state index in [1.807, 2.05) is 0 Å². The molecular weight excluding hydrogens is 342 g/mol. The van der Waals surface area contributed by atoms with Crippen LogP contribution in [-0.4, -0.2) is 17.0 Å². The van der Waals surface area contributed by atoms with Crippen LogP contribution in [0.3, 0.4) is 0 Å². The fourth-order valence-electron chi connectivity index (χ4n) is 3.49. The number of nitro benzene ring substituents is 1. The number of rotatable bonds is 3. The van der Waals surface area contributed by atoms with Crippen LogP contribution in [0.5, 0.6) is 0 Å². The van der Waals surface area contributed by atoms with E-state index >= 15 is 0 Å². The predicted molar refractivity (Wildman–Crippen MR) is 104 cm³/mol. The quantitative estimate of drug-likeness (QED) is 0.421. The number of esters is 1. The van der Waals surface area contributed by atoms with Crippen LogP contribution in [0.15, 0.2) is 48.5 Å². The van der Waals surface area contributed by atoms with E-state index in [1.54, 1.807) is 0 Å². The maximum atomic E-state index is 12.4. The van der Waals surface area contributed by atoms with Gasteiger partial charge in [0.15, 0.2) is 0 Å². The fourth-order valence-corrected chi connectivity index (χ4v) is 3.49. The largest absolute Gasteiger partial charge is 0.459 e. The molecule has 0 radical (unpaired) electrons. The summed E-state index contributed by atoms with van der Waals surface area (Å²) in [5.41, 5.74) is 3.04. The predicted octanol–water partition coefficient (Wildman–Crippen LogP) is 5.26. The molecule has 2 aromatic rings. The van der Waals surface area contributed by atoms with Crippen LogP contribution in [0.1, 0.15) is 60.0 Å². The summed E-state index contributed by atoms with van der Waals surface area (Å²) in [6.07, 6.45) is 7.93. The minimum atomic E-state index is -0.475. The topological polar surface area (TPSA) is 69.4 Å². The monoisotopic (exact) mass is 367 g/mol. The van der Waals surface area contributed by atoms with Crippen molar-refractivity contribution in [1.29, 1.82) is 0 Å². The lowest BCUT2D eigenvalue weighted by atomic mass is 10.0. The van der Waals surface area contributed by atoms with Crippen molar-refractivity contribution in [2.24, 2.45) is 0 Å². The number of nitro groups is 1. The molecule has 0 amide bonds. The molecule has 1 atom stereocenters. The van der Waals surface area contributed by atoms with Crippen molar-refractivity contribution >= 4 is 11.7 Å². The van der Waals surface area contributed by atoms with Gasteiger partial charge in [-0.25, -0.2) is 4.79 Å². The number of hydrogen-bond acceptors (Lipinski definition) is 4. The van der Waals surface area contributed by atoms with Crippen LogP contribution >= 0.6 is 0 Å². The number of hydrogen-bond donors (Lipinski definition) is 0. The normalized spacial score (nSPS) is 18.0. The molecule has 0 saturated heterocycles. The summed E-state index contributed by atoms with van der Waals surface area (Å²) in [7, 11) is 0. The lowest BCUT2D eigenvalue weighted by Crippen LogP contribution is -2.19. The van der Waals surface area contributed by atoms with Crippen LogP contribution in [-0.2, 0) is 17.6 Å². The average Bonchev–Trinajstić information content (AvgIpc) is 2.71. The maximum Gasteiger partial charge on any atom is 0.338 e. The van der Waals surface area contributed by atoms with Crippen LogP contribution in [0, 0.1) is 10.1 Å². The zero-order chi connectivity index (χ0) is 19.1. The second-order valence-electron chi connectivity index (χ2n) is 7.14. The number of nitrogens with zero attached hydrogens (tertiary/aromatic N) is 1. The van der Waals surface area contributed by atoms with Gasteiger partial charge in [-0.05, 0) is 68.2 Å². The van der Waals surface area contributed by atoms with Crippen molar-refractivity contribution < 1.29 is 14.5 Å². The van der Waals surface area contributed by atoms with Crippen LogP contribution in [0.4, 0.5) is 5.69 Å². The smallest absolute Gasteiger partial charge is 0.338 e. The molecule has 5 heteroatoms. The van der Waals surface area contributed by atoms with Crippen molar-refractivity contribution in [3.05, 3.63) is 75.3 Å². The van der Waals surface area contributed by atoms with E-state index in [0.717, 1.165) is 51.4 Å². The molecule has 0 aromatic heterocycles. The first kappa shape index (κ1) is 19.1. The average molecular weight is 367 g/mol. The van der Waals surface area contributed by atoms with Gasteiger partial charge in [-0.1, -0.05) is 30.7 Å². The Balaban J connectivity index is 1.60. The maximum absolute atomic E-state index is 12.4. The summed E-state index contributed by atoms with van der Waals surface area (Å²) in [6.45, 7) is 0. The zero-order valence-electron chi connectivity index (χ0n) is 15.4. The van der Waals surface area contributed by atoms with Crippen LogP contribution in [0.2, 0.25) is 0 Å². The Morgan fingerprint density at radius 1 is 0.852 bits per heavy atom. The molecule has 27 heavy (non-hydrogen) atoms. The first-order valence-corrected chi connectivity index (χ1v) is 9.65. The number of non-ortho nitro benzene ring substituents is 1. The van der Waals surface area contributed by atoms with E-state index in [9.17, 15) is 14.9 Å². The molecule has 2 bridgehead atoms. The lowest BCUT2D eigenvalue weighted by molar-refractivity contribution is -0.384. The molecule has 0 heterocycles. The minimum Gasteiger partial charge on any atom is -0.459 e. The summed E-state index contributed by atoms with van der Waals surface area (Å²) in [5.74, 6) is -0.400. The lowest BCUT2D eigenvalue weighted by Gasteiger charge is -2.18. The summed E-state index contributed by atoms with van der Waals surface area (Å²) in [6, 6.07) is 14.4. The molecule has 2 aromatic carbocycles. The molecule has 0 unspecified atom stereocenters. The molecule has 0 fully saturated rings. The van der Waals surface area contributed by atoms with Gasteiger partial charge in [0.2, 0.25) is 0 Å². The molecule has 142 valence electrons. The molecule has 0 N–H and O–H groups in total. The number of ether oxygens (including phenoxy) is 1. The third-order valence-electron chi connectivity index (χ3n) is 5.09. The Bertz CT molecular complexity index is 768. The molecule has 0 saturated carbocycles. The second-order valence-corrected chi connectivity index (χ2v) is 7.14. The highest BCUT2D eigenvalue weighted by Crippen LogP contribution is 2.20. The Hall–Kier alpha value is -2.69. The van der Waals surface area contributed by atoms with E-state index in [0.29, 0.717) is 5.56 Å². The Labute approximate surface area is 159 Å².